The van der Waals surface area contributed by atoms with Crippen LogP contribution in [0.25, 0.3) is 11.0 Å². The van der Waals surface area contributed by atoms with E-state index < -0.39 is 0 Å². The second-order valence-corrected chi connectivity index (χ2v) is 7.97. The highest BCUT2D eigenvalue weighted by Gasteiger charge is 2.25. The van der Waals surface area contributed by atoms with Crippen molar-refractivity contribution in [3.8, 4) is 0 Å². The van der Waals surface area contributed by atoms with Gasteiger partial charge in [0.1, 0.15) is 12.4 Å². The SMILES string of the molecule is CCC(C)N(C(=O)Cn1c(CNC(=O)c2ccccc2)nc2ccccc21)C(C)CC. The summed E-state index contributed by atoms with van der Waals surface area (Å²) in [5, 5.41) is 2.94. The molecule has 6 heteroatoms. The minimum Gasteiger partial charge on any atom is -0.345 e. The van der Waals surface area contributed by atoms with E-state index in [9.17, 15) is 9.59 Å². The Hall–Kier alpha value is -3.15. The van der Waals surface area contributed by atoms with Crippen LogP contribution in [0.2, 0.25) is 0 Å². The molecule has 0 bridgehead atoms. The quantitative estimate of drug-likeness (QED) is 0.558. The molecule has 0 aliphatic heterocycles. The lowest BCUT2D eigenvalue weighted by Gasteiger charge is -2.34. The van der Waals surface area contributed by atoms with Gasteiger partial charge in [0, 0.05) is 17.6 Å². The molecule has 0 saturated carbocycles. The maximum absolute atomic E-state index is 13.4. The second-order valence-electron chi connectivity index (χ2n) is 7.97. The zero-order valence-electron chi connectivity index (χ0n) is 18.8. The Balaban J connectivity index is 1.86. The van der Waals surface area contributed by atoms with Gasteiger partial charge in [0.15, 0.2) is 0 Å². The third-order valence-corrected chi connectivity index (χ3v) is 5.89. The summed E-state index contributed by atoms with van der Waals surface area (Å²) < 4.78 is 1.93. The molecule has 3 aromatic rings. The van der Waals surface area contributed by atoms with Crippen LogP contribution >= 0.6 is 0 Å². The summed E-state index contributed by atoms with van der Waals surface area (Å²) in [7, 11) is 0. The lowest BCUT2D eigenvalue weighted by molar-refractivity contribution is -0.136. The number of hydrogen-bond donors (Lipinski definition) is 1. The molecule has 3 rings (SSSR count). The number of fused-ring (bicyclic) bond motifs is 1. The molecule has 2 amide bonds. The fourth-order valence-corrected chi connectivity index (χ4v) is 3.82. The minimum atomic E-state index is -0.161. The number of carbonyl (C=O) groups excluding carboxylic acids is 2. The van der Waals surface area contributed by atoms with E-state index in [1.807, 2.05) is 51.9 Å². The largest absolute Gasteiger partial charge is 0.345 e. The molecule has 1 aromatic heterocycles. The maximum atomic E-state index is 13.4. The van der Waals surface area contributed by atoms with Gasteiger partial charge in [-0.25, -0.2) is 4.98 Å². The van der Waals surface area contributed by atoms with Crippen LogP contribution in [0.1, 0.15) is 56.7 Å². The van der Waals surface area contributed by atoms with Crippen LogP contribution in [0, 0.1) is 0 Å². The van der Waals surface area contributed by atoms with Crippen molar-refractivity contribution in [3.05, 3.63) is 66.0 Å². The van der Waals surface area contributed by atoms with Gasteiger partial charge in [-0.15, -0.1) is 0 Å². The maximum Gasteiger partial charge on any atom is 0.251 e. The van der Waals surface area contributed by atoms with Crippen molar-refractivity contribution in [2.45, 2.75) is 65.7 Å². The van der Waals surface area contributed by atoms with E-state index in [1.165, 1.54) is 0 Å². The molecule has 31 heavy (non-hydrogen) atoms. The fraction of sp³-hybridized carbons (Fsp3) is 0.400. The lowest BCUT2D eigenvalue weighted by atomic mass is 10.1. The second kappa shape index (κ2) is 10.2. The Morgan fingerprint density at radius 1 is 0.968 bits per heavy atom. The number of nitrogens with one attached hydrogen (secondary N) is 1. The van der Waals surface area contributed by atoms with E-state index in [2.05, 4.69) is 33.0 Å². The van der Waals surface area contributed by atoms with Gasteiger partial charge in [-0.3, -0.25) is 9.59 Å². The average molecular weight is 421 g/mol. The third kappa shape index (κ3) is 5.13. The number of carbonyl (C=O) groups is 2. The summed E-state index contributed by atoms with van der Waals surface area (Å²) in [6, 6.07) is 17.2. The molecule has 2 aromatic carbocycles. The van der Waals surface area contributed by atoms with Crippen LogP contribution in [-0.2, 0) is 17.9 Å². The van der Waals surface area contributed by atoms with Crippen LogP contribution in [0.15, 0.2) is 54.6 Å². The van der Waals surface area contributed by atoms with Gasteiger partial charge in [0.05, 0.1) is 17.6 Å². The van der Waals surface area contributed by atoms with E-state index in [1.54, 1.807) is 12.1 Å². The number of para-hydroxylation sites is 2. The van der Waals surface area contributed by atoms with Crippen molar-refractivity contribution >= 4 is 22.8 Å². The minimum absolute atomic E-state index is 0.0717. The van der Waals surface area contributed by atoms with Crippen molar-refractivity contribution in [2.24, 2.45) is 0 Å². The zero-order chi connectivity index (χ0) is 22.4. The predicted octanol–water partition coefficient (Wildman–Crippen LogP) is 4.39. The Bertz CT molecular complexity index is 1020. The molecule has 0 aliphatic rings. The average Bonchev–Trinajstić information content (AvgIpc) is 3.15. The van der Waals surface area contributed by atoms with E-state index in [0.29, 0.717) is 11.4 Å². The van der Waals surface area contributed by atoms with Gasteiger partial charge in [0.25, 0.3) is 5.91 Å². The van der Waals surface area contributed by atoms with Crippen molar-refractivity contribution in [1.29, 1.82) is 0 Å². The number of imidazole rings is 1. The Labute approximate surface area is 184 Å². The molecule has 2 unspecified atom stereocenters. The van der Waals surface area contributed by atoms with Gasteiger partial charge in [0.2, 0.25) is 5.91 Å². The summed E-state index contributed by atoms with van der Waals surface area (Å²) in [5.41, 5.74) is 2.31. The summed E-state index contributed by atoms with van der Waals surface area (Å²) in [6.07, 6.45) is 1.81. The van der Waals surface area contributed by atoms with Crippen LogP contribution in [0.5, 0.6) is 0 Å². The van der Waals surface area contributed by atoms with E-state index in [0.717, 1.165) is 23.9 Å². The third-order valence-electron chi connectivity index (χ3n) is 5.89. The zero-order valence-corrected chi connectivity index (χ0v) is 18.8. The van der Waals surface area contributed by atoms with Gasteiger partial charge in [-0.1, -0.05) is 44.2 Å². The van der Waals surface area contributed by atoms with Gasteiger partial charge in [-0.2, -0.15) is 0 Å². The van der Waals surface area contributed by atoms with Gasteiger partial charge in [-0.05, 0) is 51.0 Å². The number of hydrogen-bond acceptors (Lipinski definition) is 3. The normalized spacial score (nSPS) is 13.0. The molecule has 0 radical (unpaired) electrons. The lowest BCUT2D eigenvalue weighted by Crippen LogP contribution is -2.46. The highest BCUT2D eigenvalue weighted by atomic mass is 16.2. The van der Waals surface area contributed by atoms with Crippen molar-refractivity contribution in [3.63, 3.8) is 0 Å². The highest BCUT2D eigenvalue weighted by molar-refractivity contribution is 5.94. The summed E-state index contributed by atoms with van der Waals surface area (Å²) in [6.45, 7) is 8.84. The van der Waals surface area contributed by atoms with Crippen molar-refractivity contribution < 1.29 is 9.59 Å². The van der Waals surface area contributed by atoms with Crippen molar-refractivity contribution in [1.82, 2.24) is 19.8 Å². The predicted molar refractivity (Wildman–Crippen MR) is 124 cm³/mol. The standard InChI is InChI=1S/C25H32N4O2/c1-5-18(3)29(19(4)6-2)24(30)17-28-22-15-11-10-14-21(22)27-23(28)16-26-25(31)20-12-8-7-9-13-20/h7-15,18-19H,5-6,16-17H2,1-4H3,(H,26,31). The smallest absolute Gasteiger partial charge is 0.251 e. The monoisotopic (exact) mass is 420 g/mol. The first-order chi connectivity index (χ1) is 15.0. The highest BCUT2D eigenvalue weighted by Crippen LogP contribution is 2.19. The number of amides is 2. The number of benzene rings is 2. The molecule has 0 spiro atoms. The van der Waals surface area contributed by atoms with Gasteiger partial charge < -0.3 is 14.8 Å². The first-order valence-corrected chi connectivity index (χ1v) is 11.0. The molecule has 1 heterocycles. The molecule has 164 valence electrons. The van der Waals surface area contributed by atoms with Crippen LogP contribution < -0.4 is 5.32 Å². The molecule has 0 fully saturated rings. The van der Waals surface area contributed by atoms with Crippen LogP contribution in [-0.4, -0.2) is 38.3 Å². The Kier molecular flexibility index (Phi) is 7.45. The van der Waals surface area contributed by atoms with Gasteiger partial charge >= 0.3 is 0 Å². The van der Waals surface area contributed by atoms with E-state index in [4.69, 9.17) is 4.98 Å². The van der Waals surface area contributed by atoms with Crippen LogP contribution in [0.3, 0.4) is 0 Å². The van der Waals surface area contributed by atoms with E-state index in [-0.39, 0.29) is 37.0 Å². The number of aromatic nitrogens is 2. The molecule has 1 N–H and O–H groups in total. The molecule has 2 atom stereocenters. The summed E-state index contributed by atoms with van der Waals surface area (Å²) >= 11 is 0. The summed E-state index contributed by atoms with van der Waals surface area (Å²) in [5.74, 6) is 0.584. The molecule has 0 aliphatic carbocycles. The molecular weight excluding hydrogens is 388 g/mol. The molecule has 0 saturated heterocycles. The number of nitrogens with zero attached hydrogens (tertiary/aromatic N) is 3. The molecule has 6 nitrogen and oxygen atoms in total. The molecular formula is C25H32N4O2. The first kappa shape index (κ1) is 22.5. The van der Waals surface area contributed by atoms with Crippen LogP contribution in [0.4, 0.5) is 0 Å². The van der Waals surface area contributed by atoms with E-state index >= 15 is 0 Å². The first-order valence-electron chi connectivity index (χ1n) is 11.0. The Morgan fingerprint density at radius 2 is 1.58 bits per heavy atom. The fourth-order valence-electron chi connectivity index (χ4n) is 3.82. The Morgan fingerprint density at radius 3 is 2.23 bits per heavy atom. The topological polar surface area (TPSA) is 67.2 Å². The van der Waals surface area contributed by atoms with Crippen molar-refractivity contribution in [2.75, 3.05) is 0 Å². The number of rotatable bonds is 9. The summed E-state index contributed by atoms with van der Waals surface area (Å²) in [4.78, 5) is 32.6.